The average Bonchev–Trinajstić information content (AvgIpc) is 2.97. The van der Waals surface area contributed by atoms with Crippen molar-refractivity contribution in [1.29, 1.82) is 0 Å². The van der Waals surface area contributed by atoms with Gasteiger partial charge < -0.3 is 0 Å². The minimum Gasteiger partial charge on any atom is -0.207 e. The number of hydrogen-bond donors (Lipinski definition) is 1. The highest BCUT2D eigenvalue weighted by atomic mass is 32.2. The molecular weight excluding hydrogens is 306 g/mol. The maximum Gasteiger partial charge on any atom is 0.241 e. The van der Waals surface area contributed by atoms with Gasteiger partial charge in [-0.2, -0.15) is 0 Å². The molecule has 0 saturated heterocycles. The largest absolute Gasteiger partial charge is 0.241 e. The monoisotopic (exact) mass is 327 g/mol. The van der Waals surface area contributed by atoms with Gasteiger partial charge in [0.1, 0.15) is 0 Å². The molecule has 0 spiro atoms. The highest BCUT2D eigenvalue weighted by Crippen LogP contribution is 2.32. The van der Waals surface area contributed by atoms with Crippen molar-refractivity contribution >= 4 is 10.0 Å². The van der Waals surface area contributed by atoms with E-state index in [1.54, 1.807) is 6.07 Å². The minimum atomic E-state index is -3.47. The summed E-state index contributed by atoms with van der Waals surface area (Å²) in [5, 5.41) is 0. The maximum absolute atomic E-state index is 12.8. The molecule has 1 unspecified atom stereocenters. The van der Waals surface area contributed by atoms with E-state index in [4.69, 9.17) is 0 Å². The number of nitrogens with one attached hydrogen (secondary N) is 1. The molecule has 0 aromatic heterocycles. The highest BCUT2D eigenvalue weighted by molar-refractivity contribution is 7.89. The van der Waals surface area contributed by atoms with E-state index in [1.807, 2.05) is 30.3 Å². The van der Waals surface area contributed by atoms with Crippen molar-refractivity contribution in [2.75, 3.05) is 0 Å². The van der Waals surface area contributed by atoms with Gasteiger partial charge in [0, 0.05) is 6.04 Å². The van der Waals surface area contributed by atoms with Crippen molar-refractivity contribution in [3.8, 4) is 0 Å². The number of rotatable bonds is 3. The Balaban J connectivity index is 1.62. The molecule has 23 heavy (non-hydrogen) atoms. The maximum atomic E-state index is 12.8. The summed E-state index contributed by atoms with van der Waals surface area (Å²) in [6, 6.07) is 13.6. The van der Waals surface area contributed by atoms with E-state index in [9.17, 15) is 8.42 Å². The highest BCUT2D eigenvalue weighted by Gasteiger charge is 2.27. The van der Waals surface area contributed by atoms with E-state index < -0.39 is 10.0 Å². The van der Waals surface area contributed by atoms with Gasteiger partial charge >= 0.3 is 0 Å². The zero-order valence-electron chi connectivity index (χ0n) is 13.1. The fourth-order valence-corrected chi connectivity index (χ4v) is 5.11. The summed E-state index contributed by atoms with van der Waals surface area (Å²) in [4.78, 5) is 0.405. The summed E-state index contributed by atoms with van der Waals surface area (Å²) >= 11 is 0. The third kappa shape index (κ3) is 2.81. The molecule has 2 aliphatic rings. The molecule has 0 amide bonds. The van der Waals surface area contributed by atoms with Gasteiger partial charge in [-0.25, -0.2) is 13.1 Å². The first kappa shape index (κ1) is 14.9. The lowest BCUT2D eigenvalue weighted by atomic mass is 9.92. The SMILES string of the molecule is O=S(=O)(NC1CCc2ccccc21)c1ccc2c(c1)CCCC2. The molecule has 0 aliphatic heterocycles. The van der Waals surface area contributed by atoms with Crippen LogP contribution in [-0.4, -0.2) is 8.42 Å². The van der Waals surface area contributed by atoms with Gasteiger partial charge in [0.15, 0.2) is 0 Å². The lowest BCUT2D eigenvalue weighted by molar-refractivity contribution is 0.554. The normalized spacial score (nSPS) is 20.1. The molecule has 4 heteroatoms. The molecule has 1 N–H and O–H groups in total. The molecule has 2 aromatic carbocycles. The molecule has 120 valence electrons. The predicted octanol–water partition coefficient (Wildman–Crippen LogP) is 3.53. The van der Waals surface area contributed by atoms with Crippen molar-refractivity contribution in [2.24, 2.45) is 0 Å². The van der Waals surface area contributed by atoms with Crippen LogP contribution >= 0.6 is 0 Å². The Morgan fingerprint density at radius 1 is 0.870 bits per heavy atom. The van der Waals surface area contributed by atoms with E-state index in [2.05, 4.69) is 10.8 Å². The van der Waals surface area contributed by atoms with Gasteiger partial charge in [-0.05, 0) is 72.9 Å². The fourth-order valence-electron chi connectivity index (χ4n) is 3.81. The van der Waals surface area contributed by atoms with Gasteiger partial charge in [-0.15, -0.1) is 0 Å². The van der Waals surface area contributed by atoms with Crippen molar-refractivity contribution in [2.45, 2.75) is 49.5 Å². The Bertz CT molecular complexity index is 842. The van der Waals surface area contributed by atoms with Crippen molar-refractivity contribution in [3.63, 3.8) is 0 Å². The van der Waals surface area contributed by atoms with Gasteiger partial charge in [0.2, 0.25) is 10.0 Å². The first-order valence-electron chi connectivity index (χ1n) is 8.35. The molecule has 0 bridgehead atoms. The van der Waals surface area contributed by atoms with Crippen LogP contribution < -0.4 is 4.72 Å². The Hall–Kier alpha value is -1.65. The third-order valence-corrected chi connectivity index (χ3v) is 6.53. The third-order valence-electron chi connectivity index (χ3n) is 5.06. The van der Waals surface area contributed by atoms with E-state index in [0.29, 0.717) is 4.90 Å². The molecule has 0 heterocycles. The summed E-state index contributed by atoms with van der Waals surface area (Å²) in [6.45, 7) is 0. The topological polar surface area (TPSA) is 46.2 Å². The second kappa shape index (κ2) is 5.77. The molecule has 1 atom stereocenters. The molecular formula is C19H21NO2S. The van der Waals surface area contributed by atoms with Gasteiger partial charge in [0.05, 0.1) is 4.90 Å². The molecule has 0 saturated carbocycles. The summed E-state index contributed by atoms with van der Waals surface area (Å²) < 4.78 is 28.5. The number of sulfonamides is 1. The Morgan fingerprint density at radius 3 is 2.52 bits per heavy atom. The zero-order valence-corrected chi connectivity index (χ0v) is 13.9. The van der Waals surface area contributed by atoms with E-state index in [-0.39, 0.29) is 6.04 Å². The summed E-state index contributed by atoms with van der Waals surface area (Å²) in [5.74, 6) is 0. The van der Waals surface area contributed by atoms with Crippen LogP contribution in [-0.2, 0) is 29.3 Å². The summed E-state index contributed by atoms with van der Waals surface area (Å²) in [5.41, 5.74) is 4.88. The summed E-state index contributed by atoms with van der Waals surface area (Å²) in [7, 11) is -3.47. The summed E-state index contributed by atoms with van der Waals surface area (Å²) in [6.07, 6.45) is 6.19. The minimum absolute atomic E-state index is 0.104. The zero-order chi connectivity index (χ0) is 15.9. The molecule has 4 rings (SSSR count). The van der Waals surface area contributed by atoms with E-state index in [1.165, 1.54) is 23.1 Å². The molecule has 0 fully saturated rings. The van der Waals surface area contributed by atoms with Crippen molar-refractivity contribution in [3.05, 3.63) is 64.7 Å². The van der Waals surface area contributed by atoms with Crippen LogP contribution in [0, 0.1) is 0 Å². The van der Waals surface area contributed by atoms with Crippen LogP contribution in [0.3, 0.4) is 0 Å². The van der Waals surface area contributed by atoms with Crippen LogP contribution in [0.4, 0.5) is 0 Å². The molecule has 2 aliphatic carbocycles. The predicted molar refractivity (Wildman–Crippen MR) is 90.9 cm³/mol. The Labute approximate surface area is 137 Å². The van der Waals surface area contributed by atoms with E-state index >= 15 is 0 Å². The lowest BCUT2D eigenvalue weighted by Crippen LogP contribution is -2.27. The number of fused-ring (bicyclic) bond motifs is 2. The van der Waals surface area contributed by atoms with Crippen LogP contribution in [0.25, 0.3) is 0 Å². The standard InChI is InChI=1S/C19H21NO2S/c21-23(22,17-11-9-14-5-1-2-7-16(14)13-17)20-19-12-10-15-6-3-4-8-18(15)19/h3-4,6,8-9,11,13,19-20H,1-2,5,7,10,12H2. The second-order valence-corrected chi connectivity index (χ2v) is 8.26. The van der Waals surface area contributed by atoms with Gasteiger partial charge in [-0.3, -0.25) is 0 Å². The first-order valence-corrected chi connectivity index (χ1v) is 9.84. The van der Waals surface area contributed by atoms with Crippen molar-refractivity contribution < 1.29 is 8.42 Å². The number of hydrogen-bond acceptors (Lipinski definition) is 2. The first-order chi connectivity index (χ1) is 11.1. The molecule has 3 nitrogen and oxygen atoms in total. The molecule has 0 radical (unpaired) electrons. The Morgan fingerprint density at radius 2 is 1.65 bits per heavy atom. The van der Waals surface area contributed by atoms with E-state index in [0.717, 1.165) is 37.7 Å². The van der Waals surface area contributed by atoms with Crippen molar-refractivity contribution in [1.82, 2.24) is 4.72 Å². The number of benzene rings is 2. The van der Waals surface area contributed by atoms with Crippen LogP contribution in [0.1, 0.15) is 47.6 Å². The van der Waals surface area contributed by atoms with Crippen LogP contribution in [0.2, 0.25) is 0 Å². The second-order valence-electron chi connectivity index (χ2n) is 6.55. The average molecular weight is 327 g/mol. The van der Waals surface area contributed by atoms with Gasteiger partial charge in [-0.1, -0.05) is 30.3 Å². The Kier molecular flexibility index (Phi) is 3.74. The smallest absolute Gasteiger partial charge is 0.207 e. The molecule has 2 aromatic rings. The van der Waals surface area contributed by atoms with Crippen LogP contribution in [0.5, 0.6) is 0 Å². The van der Waals surface area contributed by atoms with Crippen LogP contribution in [0.15, 0.2) is 47.4 Å². The van der Waals surface area contributed by atoms with Gasteiger partial charge in [0.25, 0.3) is 0 Å². The quantitative estimate of drug-likeness (QED) is 0.937. The lowest BCUT2D eigenvalue weighted by Gasteiger charge is -2.18. The fraction of sp³-hybridized carbons (Fsp3) is 0.368. The number of aryl methyl sites for hydroxylation is 3.